The van der Waals surface area contributed by atoms with Gasteiger partial charge in [0.2, 0.25) is 0 Å². The smallest absolute Gasteiger partial charge is 0.0227 e. The van der Waals surface area contributed by atoms with Crippen LogP contribution in [0.2, 0.25) is 0 Å². The van der Waals surface area contributed by atoms with Crippen LogP contribution < -0.4 is 0 Å². The molecule has 1 aromatic carbocycles. The molecule has 1 nitrogen and oxygen atoms in total. The third kappa shape index (κ3) is 2.91. The van der Waals surface area contributed by atoms with Crippen LogP contribution >= 0.6 is 0 Å². The Morgan fingerprint density at radius 2 is 1.86 bits per heavy atom. The molecule has 0 aromatic heterocycles. The van der Waals surface area contributed by atoms with E-state index in [2.05, 4.69) is 56.6 Å². The van der Waals surface area contributed by atoms with Gasteiger partial charge in [0.1, 0.15) is 0 Å². The molecule has 0 N–H and O–H groups in total. The minimum Gasteiger partial charge on any atom is -0.376 e. The van der Waals surface area contributed by atoms with Gasteiger partial charge >= 0.3 is 0 Å². The molecule has 0 fully saturated rings. The summed E-state index contributed by atoms with van der Waals surface area (Å²) in [4.78, 5) is 2.22. The molecule has 0 aliphatic rings. The van der Waals surface area contributed by atoms with Crippen molar-refractivity contribution >= 4 is 0 Å². The second-order valence-corrected chi connectivity index (χ2v) is 3.93. The molecule has 0 atom stereocenters. The lowest BCUT2D eigenvalue weighted by Gasteiger charge is -2.26. The van der Waals surface area contributed by atoms with Crippen molar-refractivity contribution in [2.45, 2.75) is 26.3 Å². The molecule has 1 aromatic rings. The van der Waals surface area contributed by atoms with Crippen LogP contribution in [0, 0.1) is 0 Å². The molecule has 0 unspecified atom stereocenters. The Balaban J connectivity index is 2.58. The van der Waals surface area contributed by atoms with Crippen LogP contribution in [-0.4, -0.2) is 18.0 Å². The molecule has 1 rings (SSSR count). The average molecular weight is 189 g/mol. The number of likely N-dealkylation sites (N-methyl/N-ethyl adjacent to an activating group) is 1. The van der Waals surface area contributed by atoms with Gasteiger partial charge in [-0.05, 0) is 19.4 Å². The van der Waals surface area contributed by atoms with Crippen molar-refractivity contribution in [2.24, 2.45) is 0 Å². The first-order valence-electron chi connectivity index (χ1n) is 5.06. The topological polar surface area (TPSA) is 3.24 Å². The maximum atomic E-state index is 4.10. The van der Waals surface area contributed by atoms with E-state index in [4.69, 9.17) is 0 Å². The zero-order valence-electron chi connectivity index (χ0n) is 9.33. The normalized spacial score (nSPS) is 10.3. The summed E-state index contributed by atoms with van der Waals surface area (Å²) < 4.78 is 0. The number of rotatable bonds is 4. The fraction of sp³-hybridized carbons (Fsp3) is 0.385. The third-order valence-corrected chi connectivity index (χ3v) is 2.52. The van der Waals surface area contributed by atoms with E-state index >= 15 is 0 Å². The maximum Gasteiger partial charge on any atom is 0.0227 e. The van der Waals surface area contributed by atoms with E-state index < -0.39 is 0 Å². The summed E-state index contributed by atoms with van der Waals surface area (Å²) in [5, 5.41) is 0. The average Bonchev–Trinajstić information content (AvgIpc) is 2.18. The van der Waals surface area contributed by atoms with Crippen LogP contribution in [0.15, 0.2) is 42.6 Å². The fourth-order valence-corrected chi connectivity index (χ4v) is 1.32. The second-order valence-electron chi connectivity index (χ2n) is 3.93. The Hall–Kier alpha value is -1.24. The van der Waals surface area contributed by atoms with Crippen molar-refractivity contribution in [1.29, 1.82) is 0 Å². The van der Waals surface area contributed by atoms with Crippen molar-refractivity contribution in [2.75, 3.05) is 7.05 Å². The second kappa shape index (κ2) is 4.85. The maximum absolute atomic E-state index is 4.10. The zero-order chi connectivity index (χ0) is 10.6. The first kappa shape index (κ1) is 10.8. The van der Waals surface area contributed by atoms with E-state index in [-0.39, 0.29) is 0 Å². The van der Waals surface area contributed by atoms with Crippen molar-refractivity contribution < 1.29 is 0 Å². The van der Waals surface area contributed by atoms with Crippen LogP contribution in [-0.2, 0) is 6.42 Å². The van der Waals surface area contributed by atoms with Crippen LogP contribution in [0.25, 0.3) is 0 Å². The predicted octanol–water partition coefficient (Wildman–Crippen LogP) is 3.08. The van der Waals surface area contributed by atoms with E-state index in [0.717, 1.165) is 6.42 Å². The summed E-state index contributed by atoms with van der Waals surface area (Å²) in [6.07, 6.45) is 0.940. The number of nitrogens with zero attached hydrogens (tertiary/aromatic N) is 1. The highest BCUT2D eigenvalue weighted by Crippen LogP contribution is 2.11. The lowest BCUT2D eigenvalue weighted by atomic mass is 10.1. The number of allylic oxidation sites excluding steroid dienone is 1. The standard InChI is InChI=1S/C13H19N/c1-11(2)14(4)12(3)10-13-8-6-5-7-9-13/h5-9,11H,3,10H2,1-2,4H3. The fourth-order valence-electron chi connectivity index (χ4n) is 1.32. The molecule has 0 radical (unpaired) electrons. The highest BCUT2D eigenvalue weighted by molar-refractivity contribution is 5.20. The van der Waals surface area contributed by atoms with E-state index in [1.54, 1.807) is 0 Å². The largest absolute Gasteiger partial charge is 0.376 e. The summed E-state index contributed by atoms with van der Waals surface area (Å²) in [7, 11) is 2.09. The van der Waals surface area contributed by atoms with Gasteiger partial charge < -0.3 is 4.90 Å². The van der Waals surface area contributed by atoms with Gasteiger partial charge in [-0.2, -0.15) is 0 Å². The van der Waals surface area contributed by atoms with Crippen molar-refractivity contribution in [3.8, 4) is 0 Å². The highest BCUT2D eigenvalue weighted by atomic mass is 15.1. The molecule has 0 saturated heterocycles. The predicted molar refractivity (Wildman–Crippen MR) is 62.2 cm³/mol. The van der Waals surface area contributed by atoms with Gasteiger partial charge in [0.15, 0.2) is 0 Å². The molecule has 76 valence electrons. The molecule has 0 aliphatic carbocycles. The molecule has 0 heterocycles. The SMILES string of the molecule is C=C(Cc1ccccc1)N(C)C(C)C. The van der Waals surface area contributed by atoms with Crippen molar-refractivity contribution in [1.82, 2.24) is 4.90 Å². The Morgan fingerprint density at radius 3 is 2.36 bits per heavy atom. The van der Waals surface area contributed by atoms with Gasteiger partial charge in [0, 0.05) is 25.2 Å². The summed E-state index contributed by atoms with van der Waals surface area (Å²) in [5.74, 6) is 0. The van der Waals surface area contributed by atoms with E-state index in [0.29, 0.717) is 6.04 Å². The van der Waals surface area contributed by atoms with Gasteiger partial charge in [-0.1, -0.05) is 36.9 Å². The molecule has 0 saturated carbocycles. The van der Waals surface area contributed by atoms with Gasteiger partial charge in [-0.15, -0.1) is 0 Å². The Labute approximate surface area is 87.1 Å². The molecule has 0 bridgehead atoms. The molecular formula is C13H19N. The van der Waals surface area contributed by atoms with Crippen LogP contribution in [0.5, 0.6) is 0 Å². The lowest BCUT2D eigenvalue weighted by molar-refractivity contribution is 0.339. The lowest BCUT2D eigenvalue weighted by Crippen LogP contribution is -2.25. The molecule has 0 spiro atoms. The summed E-state index contributed by atoms with van der Waals surface area (Å²) in [6.45, 7) is 8.45. The summed E-state index contributed by atoms with van der Waals surface area (Å²) in [5.41, 5.74) is 2.50. The summed E-state index contributed by atoms with van der Waals surface area (Å²) in [6, 6.07) is 11.0. The van der Waals surface area contributed by atoms with Crippen molar-refractivity contribution in [3.63, 3.8) is 0 Å². The Morgan fingerprint density at radius 1 is 1.29 bits per heavy atom. The number of hydrogen-bond donors (Lipinski definition) is 0. The van der Waals surface area contributed by atoms with Crippen LogP contribution in [0.4, 0.5) is 0 Å². The van der Waals surface area contributed by atoms with Crippen LogP contribution in [0.3, 0.4) is 0 Å². The number of hydrogen-bond acceptors (Lipinski definition) is 1. The Kier molecular flexibility index (Phi) is 3.75. The van der Waals surface area contributed by atoms with Gasteiger partial charge in [-0.25, -0.2) is 0 Å². The minimum atomic E-state index is 0.520. The molecule has 1 heteroatoms. The first-order chi connectivity index (χ1) is 6.61. The van der Waals surface area contributed by atoms with Crippen LogP contribution in [0.1, 0.15) is 19.4 Å². The Bertz CT molecular complexity index is 287. The monoisotopic (exact) mass is 189 g/mol. The first-order valence-corrected chi connectivity index (χ1v) is 5.06. The van der Waals surface area contributed by atoms with Gasteiger partial charge in [-0.3, -0.25) is 0 Å². The van der Waals surface area contributed by atoms with E-state index in [9.17, 15) is 0 Å². The molecule has 0 aliphatic heterocycles. The quantitative estimate of drug-likeness (QED) is 0.703. The molecule has 14 heavy (non-hydrogen) atoms. The highest BCUT2D eigenvalue weighted by Gasteiger charge is 2.05. The molecule has 0 amide bonds. The summed E-state index contributed by atoms with van der Waals surface area (Å²) >= 11 is 0. The van der Waals surface area contributed by atoms with Crippen molar-refractivity contribution in [3.05, 3.63) is 48.2 Å². The van der Waals surface area contributed by atoms with Gasteiger partial charge in [0.25, 0.3) is 0 Å². The van der Waals surface area contributed by atoms with Gasteiger partial charge in [0.05, 0.1) is 0 Å². The van der Waals surface area contributed by atoms with E-state index in [1.807, 2.05) is 6.07 Å². The number of benzene rings is 1. The minimum absolute atomic E-state index is 0.520. The molecular weight excluding hydrogens is 170 g/mol. The zero-order valence-corrected chi connectivity index (χ0v) is 9.33. The van der Waals surface area contributed by atoms with E-state index in [1.165, 1.54) is 11.3 Å². The third-order valence-electron chi connectivity index (χ3n) is 2.52.